The van der Waals surface area contributed by atoms with Crippen LogP contribution in [0.5, 0.6) is 5.75 Å². The Morgan fingerprint density at radius 2 is 2.27 bits per heavy atom. The quantitative estimate of drug-likeness (QED) is 0.799. The highest BCUT2D eigenvalue weighted by molar-refractivity contribution is 7.85. The summed E-state index contributed by atoms with van der Waals surface area (Å²) in [6, 6.07) is 1.59. The van der Waals surface area contributed by atoms with Crippen LogP contribution in [0.2, 0.25) is 0 Å². The van der Waals surface area contributed by atoms with Crippen LogP contribution in [0.3, 0.4) is 0 Å². The number of fused-ring (bicyclic) bond motifs is 1. The Morgan fingerprint density at radius 1 is 1.53 bits per heavy atom. The molecule has 1 aromatic rings. The first-order valence-corrected chi connectivity index (χ1v) is 5.48. The standard InChI is InChI=1S/C10H10O4S/c1-3-4-8-9(11)10-7(14-15(8)12)5-6(2)13-10/h3-5,11H,1-2H3/b4-3+. The molecule has 4 nitrogen and oxygen atoms in total. The first-order valence-electron chi connectivity index (χ1n) is 4.40. The smallest absolute Gasteiger partial charge is 0.244 e. The van der Waals surface area contributed by atoms with E-state index in [2.05, 4.69) is 0 Å². The number of aliphatic hydroxyl groups is 1. The van der Waals surface area contributed by atoms with Crippen molar-refractivity contribution in [2.75, 3.05) is 0 Å². The molecule has 0 fully saturated rings. The van der Waals surface area contributed by atoms with Crippen molar-refractivity contribution >= 4 is 16.8 Å². The maximum absolute atomic E-state index is 11.5. The number of allylic oxidation sites excluding steroid dienone is 2. The molecule has 1 aromatic heterocycles. The van der Waals surface area contributed by atoms with Crippen LogP contribution in [0.25, 0.3) is 5.76 Å². The van der Waals surface area contributed by atoms with Gasteiger partial charge in [-0.2, -0.15) is 0 Å². The average Bonchev–Trinajstić information content (AvgIpc) is 2.53. The summed E-state index contributed by atoms with van der Waals surface area (Å²) in [6.45, 7) is 3.49. The second-order valence-corrected chi connectivity index (χ2v) is 4.16. The van der Waals surface area contributed by atoms with Crippen molar-refractivity contribution in [3.05, 3.63) is 34.6 Å². The first kappa shape index (κ1) is 10.0. The van der Waals surface area contributed by atoms with Gasteiger partial charge in [-0.25, -0.2) is 4.21 Å². The third-order valence-electron chi connectivity index (χ3n) is 1.93. The van der Waals surface area contributed by atoms with Gasteiger partial charge in [0, 0.05) is 6.07 Å². The van der Waals surface area contributed by atoms with E-state index in [0.29, 0.717) is 11.5 Å². The zero-order valence-corrected chi connectivity index (χ0v) is 9.13. The van der Waals surface area contributed by atoms with E-state index in [1.807, 2.05) is 0 Å². The molecule has 0 saturated carbocycles. The van der Waals surface area contributed by atoms with Crippen molar-refractivity contribution < 1.29 is 17.9 Å². The Labute approximate surface area is 89.5 Å². The van der Waals surface area contributed by atoms with Crippen LogP contribution >= 0.6 is 0 Å². The van der Waals surface area contributed by atoms with Gasteiger partial charge in [-0.05, 0) is 19.9 Å². The van der Waals surface area contributed by atoms with Crippen molar-refractivity contribution in [3.8, 4) is 5.75 Å². The van der Waals surface area contributed by atoms with Gasteiger partial charge in [0.2, 0.25) is 16.8 Å². The Morgan fingerprint density at radius 3 is 2.93 bits per heavy atom. The monoisotopic (exact) mass is 226 g/mol. The average molecular weight is 226 g/mol. The van der Waals surface area contributed by atoms with Crippen molar-refractivity contribution in [2.24, 2.45) is 0 Å². The molecule has 1 aliphatic heterocycles. The summed E-state index contributed by atoms with van der Waals surface area (Å²) in [7, 11) is 0. The van der Waals surface area contributed by atoms with E-state index in [0.717, 1.165) is 0 Å². The number of aliphatic hydroxyl groups excluding tert-OH is 1. The SMILES string of the molecule is C/C=C/C1=C(O)c2oc(C)cc2OS1=O. The molecule has 0 radical (unpaired) electrons. The molecule has 2 rings (SSSR count). The number of hydrogen-bond acceptors (Lipinski definition) is 4. The highest BCUT2D eigenvalue weighted by atomic mass is 32.2. The van der Waals surface area contributed by atoms with Gasteiger partial charge in [0.1, 0.15) is 10.7 Å². The second-order valence-electron chi connectivity index (χ2n) is 3.08. The normalized spacial score (nSPS) is 20.5. The molecular formula is C10H10O4S. The highest BCUT2D eigenvalue weighted by Crippen LogP contribution is 2.36. The lowest BCUT2D eigenvalue weighted by molar-refractivity contribution is 0.430. The lowest BCUT2D eigenvalue weighted by Gasteiger charge is -2.12. The van der Waals surface area contributed by atoms with Crippen molar-refractivity contribution in [1.82, 2.24) is 0 Å². The third-order valence-corrected chi connectivity index (χ3v) is 2.95. The highest BCUT2D eigenvalue weighted by Gasteiger charge is 2.28. The summed E-state index contributed by atoms with van der Waals surface area (Å²) in [5.74, 6) is 1.03. The molecule has 1 atom stereocenters. The minimum absolute atomic E-state index is 0.124. The van der Waals surface area contributed by atoms with Gasteiger partial charge in [0.15, 0.2) is 11.5 Å². The fourth-order valence-corrected chi connectivity index (χ4v) is 2.20. The lowest BCUT2D eigenvalue weighted by Crippen LogP contribution is -2.10. The third kappa shape index (κ3) is 1.59. The van der Waals surface area contributed by atoms with Crippen LogP contribution < -0.4 is 4.18 Å². The molecule has 0 aromatic carbocycles. The predicted molar refractivity (Wildman–Crippen MR) is 56.6 cm³/mol. The first-order chi connectivity index (χ1) is 7.13. The molecule has 15 heavy (non-hydrogen) atoms. The molecule has 2 heterocycles. The Bertz CT molecular complexity index is 482. The summed E-state index contributed by atoms with van der Waals surface area (Å²) in [5.41, 5.74) is 0. The van der Waals surface area contributed by atoms with E-state index in [4.69, 9.17) is 8.60 Å². The molecule has 0 amide bonds. The number of aryl methyl sites for hydroxylation is 1. The van der Waals surface area contributed by atoms with Gasteiger partial charge in [-0.15, -0.1) is 0 Å². The maximum atomic E-state index is 11.5. The van der Waals surface area contributed by atoms with E-state index >= 15 is 0 Å². The Hall–Kier alpha value is -1.49. The van der Waals surface area contributed by atoms with Crippen molar-refractivity contribution in [3.63, 3.8) is 0 Å². The van der Waals surface area contributed by atoms with Gasteiger partial charge in [-0.1, -0.05) is 6.08 Å². The van der Waals surface area contributed by atoms with Gasteiger partial charge in [0.25, 0.3) is 0 Å². The fourth-order valence-electron chi connectivity index (χ4n) is 1.32. The van der Waals surface area contributed by atoms with Gasteiger partial charge >= 0.3 is 0 Å². The van der Waals surface area contributed by atoms with Gasteiger partial charge < -0.3 is 13.7 Å². The fraction of sp³-hybridized carbons (Fsp3) is 0.200. The van der Waals surface area contributed by atoms with E-state index in [1.54, 1.807) is 26.0 Å². The molecule has 0 aliphatic carbocycles. The van der Waals surface area contributed by atoms with Crippen LogP contribution in [-0.2, 0) is 11.1 Å². The summed E-state index contributed by atoms with van der Waals surface area (Å²) in [4.78, 5) is 0.222. The van der Waals surface area contributed by atoms with Crippen LogP contribution in [0.15, 0.2) is 27.5 Å². The van der Waals surface area contributed by atoms with E-state index in [9.17, 15) is 9.32 Å². The maximum Gasteiger partial charge on any atom is 0.244 e. The number of hydrogen-bond donors (Lipinski definition) is 1. The van der Waals surface area contributed by atoms with Crippen molar-refractivity contribution in [1.29, 1.82) is 0 Å². The summed E-state index contributed by atoms with van der Waals surface area (Å²) in [5, 5.41) is 9.80. The molecule has 80 valence electrons. The largest absolute Gasteiger partial charge is 0.503 e. The van der Waals surface area contributed by atoms with E-state index in [-0.39, 0.29) is 16.4 Å². The topological polar surface area (TPSA) is 59.7 Å². The zero-order valence-electron chi connectivity index (χ0n) is 8.31. The molecule has 5 heteroatoms. The Kier molecular flexibility index (Phi) is 2.40. The Balaban J connectivity index is 2.60. The van der Waals surface area contributed by atoms with Crippen LogP contribution in [0.1, 0.15) is 18.4 Å². The lowest BCUT2D eigenvalue weighted by atomic mass is 10.3. The van der Waals surface area contributed by atoms with Gasteiger partial charge in [0.05, 0.1) is 0 Å². The van der Waals surface area contributed by atoms with E-state index < -0.39 is 11.1 Å². The van der Waals surface area contributed by atoms with Crippen LogP contribution in [0, 0.1) is 6.92 Å². The molecular weight excluding hydrogens is 216 g/mol. The number of rotatable bonds is 1. The molecule has 0 bridgehead atoms. The second kappa shape index (κ2) is 3.58. The molecule has 0 saturated heterocycles. The van der Waals surface area contributed by atoms with Crippen molar-refractivity contribution in [2.45, 2.75) is 13.8 Å². The zero-order chi connectivity index (χ0) is 11.0. The van der Waals surface area contributed by atoms with E-state index in [1.165, 1.54) is 6.08 Å². The molecule has 1 N–H and O–H groups in total. The van der Waals surface area contributed by atoms with Gasteiger partial charge in [-0.3, -0.25) is 0 Å². The minimum Gasteiger partial charge on any atom is -0.503 e. The van der Waals surface area contributed by atoms with Crippen LogP contribution in [0.4, 0.5) is 0 Å². The molecule has 1 aliphatic rings. The summed E-state index contributed by atoms with van der Waals surface area (Å²) in [6.07, 6.45) is 3.21. The summed E-state index contributed by atoms with van der Waals surface area (Å²) >= 11 is -1.67. The number of furan rings is 1. The molecule has 0 spiro atoms. The molecule has 1 unspecified atom stereocenters. The summed E-state index contributed by atoms with van der Waals surface area (Å²) < 4.78 is 21.9. The predicted octanol–water partition coefficient (Wildman–Crippen LogP) is 2.45. The van der Waals surface area contributed by atoms with Crippen LogP contribution in [-0.4, -0.2) is 9.32 Å². The minimum atomic E-state index is -1.67.